The number of nitrogens with one attached hydrogen (secondary N) is 2. The molecule has 0 spiro atoms. The van der Waals surface area contributed by atoms with Gasteiger partial charge in [0.2, 0.25) is 0 Å². The zero-order chi connectivity index (χ0) is 30.7. The number of Topliss-reactive ketones (excluding diaryl/α,β-unsaturated/α-hetero) is 1. The first-order valence-electron chi connectivity index (χ1n) is 14.4. The molecule has 0 radical (unpaired) electrons. The third kappa shape index (κ3) is 5.82. The maximum absolute atomic E-state index is 14.1. The Labute approximate surface area is 252 Å². The maximum atomic E-state index is 14.1. The molecule has 3 aromatic carbocycles. The van der Waals surface area contributed by atoms with Gasteiger partial charge in [-0.05, 0) is 80.1 Å². The van der Waals surface area contributed by atoms with Crippen LogP contribution in [-0.4, -0.2) is 39.6 Å². The highest BCUT2D eigenvalue weighted by molar-refractivity contribution is 6.10. The van der Waals surface area contributed by atoms with Crippen LogP contribution < -0.4 is 29.6 Å². The molecule has 0 aromatic heterocycles. The molecule has 0 saturated carbocycles. The Kier molecular flexibility index (Phi) is 8.76. The fraction of sp³-hybridized carbons (Fsp3) is 0.314. The van der Waals surface area contributed by atoms with E-state index in [1.807, 2.05) is 81.4 Å². The van der Waals surface area contributed by atoms with E-state index in [1.165, 1.54) is 0 Å². The van der Waals surface area contributed by atoms with Gasteiger partial charge in [0.05, 0.1) is 27.9 Å². The fourth-order valence-corrected chi connectivity index (χ4v) is 6.06. The van der Waals surface area contributed by atoms with Crippen molar-refractivity contribution in [3.63, 3.8) is 0 Å². The summed E-state index contributed by atoms with van der Waals surface area (Å²) in [5.74, 6) is 1.47. The minimum atomic E-state index is -0.594. The van der Waals surface area contributed by atoms with Crippen LogP contribution >= 0.6 is 0 Å². The van der Waals surface area contributed by atoms with Crippen molar-refractivity contribution in [1.82, 2.24) is 5.32 Å². The summed E-state index contributed by atoms with van der Waals surface area (Å²) in [5, 5.41) is 6.54. The van der Waals surface area contributed by atoms with E-state index in [-0.39, 0.29) is 17.6 Å². The van der Waals surface area contributed by atoms with Crippen LogP contribution in [0.3, 0.4) is 0 Å². The van der Waals surface area contributed by atoms with Crippen molar-refractivity contribution in [2.24, 2.45) is 0 Å². The number of dihydropyridines is 1. The van der Waals surface area contributed by atoms with Gasteiger partial charge in [0.1, 0.15) is 0 Å². The number of hydrogen-bond acceptors (Lipinski definition) is 7. The van der Waals surface area contributed by atoms with E-state index in [9.17, 15) is 9.59 Å². The minimum absolute atomic E-state index is 0.0138. The quantitative estimate of drug-likeness (QED) is 0.301. The number of aryl methyl sites for hydroxylation is 1. The number of methoxy groups -OCH3 is 3. The predicted octanol–water partition coefficient (Wildman–Crippen LogP) is 6.42. The molecule has 2 N–H and O–H groups in total. The number of para-hydroxylation sites is 1. The van der Waals surface area contributed by atoms with Gasteiger partial charge >= 0.3 is 0 Å². The van der Waals surface area contributed by atoms with Gasteiger partial charge in [0, 0.05) is 40.6 Å². The molecular formula is C35H38N2O6. The number of anilines is 1. The second-order valence-electron chi connectivity index (χ2n) is 10.7. The zero-order valence-corrected chi connectivity index (χ0v) is 25.5. The van der Waals surface area contributed by atoms with Gasteiger partial charge in [-0.3, -0.25) is 9.59 Å². The van der Waals surface area contributed by atoms with Crippen LogP contribution in [0, 0.1) is 6.92 Å². The number of allylic oxidation sites excluding steroid dienone is 3. The smallest absolute Gasteiger partial charge is 0.254 e. The van der Waals surface area contributed by atoms with Crippen LogP contribution in [0.4, 0.5) is 5.69 Å². The summed E-state index contributed by atoms with van der Waals surface area (Å²) in [6.07, 6.45) is 0.900. The van der Waals surface area contributed by atoms with Crippen LogP contribution in [0.25, 0.3) is 0 Å². The Balaban J connectivity index is 1.59. The average Bonchev–Trinajstić information content (AvgIpc) is 3.01. The van der Waals surface area contributed by atoms with Crippen molar-refractivity contribution in [3.8, 4) is 23.0 Å². The lowest BCUT2D eigenvalue weighted by Crippen LogP contribution is -2.37. The fourth-order valence-electron chi connectivity index (χ4n) is 6.06. The number of hydrogen-bond donors (Lipinski definition) is 2. The van der Waals surface area contributed by atoms with Gasteiger partial charge in [-0.1, -0.05) is 30.3 Å². The van der Waals surface area contributed by atoms with Crippen LogP contribution in [-0.2, 0) is 9.59 Å². The summed E-state index contributed by atoms with van der Waals surface area (Å²) in [5.41, 5.74) is 6.05. The number of ether oxygens (including phenoxy) is 4. The average molecular weight is 583 g/mol. The lowest BCUT2D eigenvalue weighted by atomic mass is 9.71. The number of rotatable bonds is 9. The molecule has 2 aliphatic rings. The van der Waals surface area contributed by atoms with E-state index in [0.29, 0.717) is 59.3 Å². The summed E-state index contributed by atoms with van der Waals surface area (Å²) in [6.45, 7) is 6.23. The first kappa shape index (κ1) is 29.8. The monoisotopic (exact) mass is 582 g/mol. The number of carbonyl (C=O) groups excluding carboxylic acids is 2. The highest BCUT2D eigenvalue weighted by Gasteiger charge is 2.41. The van der Waals surface area contributed by atoms with E-state index >= 15 is 0 Å². The molecule has 8 nitrogen and oxygen atoms in total. The van der Waals surface area contributed by atoms with E-state index in [1.54, 1.807) is 21.3 Å². The number of ketones is 1. The minimum Gasteiger partial charge on any atom is -0.493 e. The van der Waals surface area contributed by atoms with E-state index < -0.39 is 5.92 Å². The zero-order valence-electron chi connectivity index (χ0n) is 25.5. The second-order valence-corrected chi connectivity index (χ2v) is 10.7. The number of benzene rings is 3. The van der Waals surface area contributed by atoms with Crippen molar-refractivity contribution in [1.29, 1.82) is 0 Å². The summed E-state index contributed by atoms with van der Waals surface area (Å²) >= 11 is 0. The Morgan fingerprint density at radius 1 is 0.860 bits per heavy atom. The van der Waals surface area contributed by atoms with Crippen LogP contribution in [0.1, 0.15) is 55.2 Å². The molecule has 0 saturated heterocycles. The maximum Gasteiger partial charge on any atom is 0.254 e. The summed E-state index contributed by atoms with van der Waals surface area (Å²) in [4.78, 5) is 28.1. The molecule has 0 fully saturated rings. The van der Waals surface area contributed by atoms with E-state index in [2.05, 4.69) is 10.6 Å². The Morgan fingerprint density at radius 3 is 2.21 bits per heavy atom. The SMILES string of the molecule is CCOc1ccc([C@@H]2C(C(=O)Nc3ccccc3C)=C(C)NC3=C2C(=O)C[C@H](c2ccc(OC)c(OC)c2)C3)cc1OC. The molecule has 1 heterocycles. The molecule has 8 heteroatoms. The predicted molar refractivity (Wildman–Crippen MR) is 166 cm³/mol. The first-order valence-corrected chi connectivity index (χ1v) is 14.4. The van der Waals surface area contributed by atoms with Gasteiger partial charge in [-0.2, -0.15) is 0 Å². The second kappa shape index (κ2) is 12.7. The standard InChI is InChI=1S/C35H38N2O6/c1-7-43-29-15-13-23(19-31(29)42-6)33-32(35(39)37-25-11-9-8-10-20(25)2)21(3)36-26-16-24(17-27(38)34(26)33)22-12-14-28(40-4)30(18-22)41-5/h8-15,18-19,24,33,36H,7,16-17H2,1-6H3,(H,37,39)/t24-,33-/m1/s1. The van der Waals surface area contributed by atoms with E-state index in [0.717, 1.165) is 28.1 Å². The van der Waals surface area contributed by atoms with Crippen molar-refractivity contribution < 1.29 is 28.5 Å². The molecule has 0 bridgehead atoms. The highest BCUT2D eigenvalue weighted by Crippen LogP contribution is 2.47. The molecule has 3 aromatic rings. The third-order valence-electron chi connectivity index (χ3n) is 8.17. The van der Waals surface area contributed by atoms with E-state index in [4.69, 9.17) is 18.9 Å². The molecule has 1 aliphatic carbocycles. The summed E-state index contributed by atoms with van der Waals surface area (Å²) in [6, 6.07) is 19.0. The molecule has 1 amide bonds. The molecule has 1 aliphatic heterocycles. The van der Waals surface area contributed by atoms with Gasteiger partial charge in [-0.15, -0.1) is 0 Å². The summed E-state index contributed by atoms with van der Waals surface area (Å²) < 4.78 is 22.4. The Bertz CT molecular complexity index is 1620. The normalized spacial score (nSPS) is 18.0. The largest absolute Gasteiger partial charge is 0.493 e. The molecule has 224 valence electrons. The van der Waals surface area contributed by atoms with Crippen LogP contribution in [0.5, 0.6) is 23.0 Å². The molecule has 0 unspecified atom stereocenters. The third-order valence-corrected chi connectivity index (χ3v) is 8.17. The molecule has 2 atom stereocenters. The topological polar surface area (TPSA) is 95.1 Å². The highest BCUT2D eigenvalue weighted by atomic mass is 16.5. The van der Waals surface area contributed by atoms with Gasteiger partial charge in [-0.25, -0.2) is 0 Å². The number of amides is 1. The first-order chi connectivity index (χ1) is 20.8. The van der Waals surface area contributed by atoms with Crippen molar-refractivity contribution >= 4 is 17.4 Å². The van der Waals surface area contributed by atoms with Crippen LogP contribution in [0.2, 0.25) is 0 Å². The van der Waals surface area contributed by atoms with Crippen molar-refractivity contribution in [2.75, 3.05) is 33.3 Å². The molecule has 5 rings (SSSR count). The lowest BCUT2D eigenvalue weighted by Gasteiger charge is -2.37. The van der Waals surface area contributed by atoms with Crippen molar-refractivity contribution in [3.05, 3.63) is 99.9 Å². The van der Waals surface area contributed by atoms with Crippen molar-refractivity contribution in [2.45, 2.75) is 45.4 Å². The Morgan fingerprint density at radius 2 is 1.51 bits per heavy atom. The Hall–Kier alpha value is -4.72. The van der Waals surface area contributed by atoms with Gasteiger partial charge in [0.25, 0.3) is 5.91 Å². The van der Waals surface area contributed by atoms with Gasteiger partial charge < -0.3 is 29.6 Å². The van der Waals surface area contributed by atoms with Gasteiger partial charge in [0.15, 0.2) is 28.8 Å². The summed E-state index contributed by atoms with van der Waals surface area (Å²) in [7, 11) is 4.79. The number of carbonyl (C=O) groups is 2. The lowest BCUT2D eigenvalue weighted by molar-refractivity contribution is -0.116. The molecule has 43 heavy (non-hydrogen) atoms. The molecular weight excluding hydrogens is 544 g/mol. The van der Waals surface area contributed by atoms with Crippen LogP contribution in [0.15, 0.2) is 83.2 Å².